The van der Waals surface area contributed by atoms with Gasteiger partial charge in [-0.25, -0.2) is 0 Å². The minimum atomic E-state index is -0.296. The van der Waals surface area contributed by atoms with Crippen molar-refractivity contribution in [2.45, 2.75) is 40.5 Å². The van der Waals surface area contributed by atoms with Crippen molar-refractivity contribution in [2.75, 3.05) is 13.2 Å². The van der Waals surface area contributed by atoms with Crippen molar-refractivity contribution in [1.82, 2.24) is 0 Å². The van der Waals surface area contributed by atoms with Crippen molar-refractivity contribution in [1.29, 1.82) is 0 Å². The molecule has 0 heterocycles. The van der Waals surface area contributed by atoms with Gasteiger partial charge in [-0.1, -0.05) is 101 Å². The van der Waals surface area contributed by atoms with Crippen molar-refractivity contribution in [2.24, 2.45) is 17.3 Å². The van der Waals surface area contributed by atoms with Gasteiger partial charge in [0.2, 0.25) is 0 Å². The zero-order valence-corrected chi connectivity index (χ0v) is 17.1. The molecular formula is C24H34O3. The van der Waals surface area contributed by atoms with E-state index in [0.29, 0.717) is 11.8 Å². The molecule has 2 aromatic carbocycles. The fraction of sp³-hybridized carbons (Fsp3) is 0.458. The van der Waals surface area contributed by atoms with Crippen LogP contribution in [0.2, 0.25) is 0 Å². The summed E-state index contributed by atoms with van der Waals surface area (Å²) < 4.78 is 0. The zero-order valence-electron chi connectivity index (χ0n) is 17.1. The maximum atomic E-state index is 11.8. The molecule has 0 bridgehead atoms. The van der Waals surface area contributed by atoms with Crippen molar-refractivity contribution >= 4 is 5.78 Å². The van der Waals surface area contributed by atoms with Gasteiger partial charge < -0.3 is 10.2 Å². The van der Waals surface area contributed by atoms with Crippen LogP contribution < -0.4 is 0 Å². The summed E-state index contributed by atoms with van der Waals surface area (Å²) in [6, 6.07) is 18.6. The molecule has 2 aromatic rings. The molecule has 0 saturated carbocycles. The van der Waals surface area contributed by atoms with Crippen LogP contribution in [0.5, 0.6) is 0 Å². The number of aliphatic hydroxyl groups excluding tert-OH is 2. The lowest BCUT2D eigenvalue weighted by Crippen LogP contribution is -2.41. The van der Waals surface area contributed by atoms with Gasteiger partial charge in [0.05, 0.1) is 13.2 Å². The van der Waals surface area contributed by atoms with E-state index in [9.17, 15) is 15.0 Å². The van der Waals surface area contributed by atoms with Gasteiger partial charge in [-0.05, 0) is 11.8 Å². The monoisotopic (exact) mass is 370 g/mol. The topological polar surface area (TPSA) is 57.5 Å². The molecule has 0 radical (unpaired) electrons. The van der Waals surface area contributed by atoms with Crippen molar-refractivity contribution < 1.29 is 15.0 Å². The molecule has 0 amide bonds. The van der Waals surface area contributed by atoms with Gasteiger partial charge in [0, 0.05) is 16.5 Å². The normalized spacial score (nSPS) is 12.3. The molecule has 148 valence electrons. The van der Waals surface area contributed by atoms with Crippen LogP contribution in [0, 0.1) is 17.3 Å². The molecule has 0 fully saturated rings. The van der Waals surface area contributed by atoms with Crippen molar-refractivity contribution in [3.63, 3.8) is 0 Å². The number of benzene rings is 2. The van der Waals surface area contributed by atoms with Gasteiger partial charge in [-0.3, -0.25) is 4.79 Å². The molecule has 0 spiro atoms. The van der Waals surface area contributed by atoms with Crippen molar-refractivity contribution in [3.8, 4) is 0 Å². The Morgan fingerprint density at radius 3 is 1.56 bits per heavy atom. The van der Waals surface area contributed by atoms with E-state index in [1.807, 2.05) is 60.7 Å². The molecule has 0 aliphatic carbocycles. The van der Waals surface area contributed by atoms with Crippen LogP contribution in [-0.4, -0.2) is 29.2 Å². The maximum absolute atomic E-state index is 11.8. The van der Waals surface area contributed by atoms with E-state index in [4.69, 9.17) is 0 Å². The smallest absolute Gasteiger partial charge is 0.193 e. The molecule has 0 aliphatic heterocycles. The zero-order chi connectivity index (χ0) is 20.3. The average Bonchev–Trinajstić information content (AvgIpc) is 2.70. The van der Waals surface area contributed by atoms with Gasteiger partial charge in [0.25, 0.3) is 0 Å². The molecule has 27 heavy (non-hydrogen) atoms. The highest BCUT2D eigenvalue weighted by Crippen LogP contribution is 2.37. The van der Waals surface area contributed by atoms with E-state index in [-0.39, 0.29) is 24.4 Å². The summed E-state index contributed by atoms with van der Waals surface area (Å²) >= 11 is 0. The van der Waals surface area contributed by atoms with Crippen LogP contribution in [0.25, 0.3) is 0 Å². The first-order valence-corrected chi connectivity index (χ1v) is 9.79. The predicted molar refractivity (Wildman–Crippen MR) is 112 cm³/mol. The van der Waals surface area contributed by atoms with Crippen LogP contribution in [0.4, 0.5) is 0 Å². The molecule has 3 heteroatoms. The lowest BCUT2D eigenvalue weighted by atomic mass is 9.68. The fourth-order valence-corrected chi connectivity index (χ4v) is 3.36. The van der Waals surface area contributed by atoms with Crippen LogP contribution in [0.1, 0.15) is 56.5 Å². The maximum Gasteiger partial charge on any atom is 0.193 e. The first kappa shape index (κ1) is 23.1. The van der Waals surface area contributed by atoms with E-state index < -0.39 is 0 Å². The fourth-order valence-electron chi connectivity index (χ4n) is 3.36. The summed E-state index contributed by atoms with van der Waals surface area (Å²) in [6.45, 7) is 8.56. The number of hydrogen-bond donors (Lipinski definition) is 2. The Balaban J connectivity index is 0.000000271. The Morgan fingerprint density at radius 1 is 0.852 bits per heavy atom. The van der Waals surface area contributed by atoms with Gasteiger partial charge in [0.15, 0.2) is 5.78 Å². The second-order valence-electron chi connectivity index (χ2n) is 7.45. The lowest BCUT2D eigenvalue weighted by molar-refractivity contribution is -0.0304. The van der Waals surface area contributed by atoms with Gasteiger partial charge in [-0.15, -0.1) is 0 Å². The molecule has 1 atom stereocenters. The third-order valence-corrected chi connectivity index (χ3v) is 5.51. The Kier molecular flexibility index (Phi) is 9.98. The molecule has 0 saturated heterocycles. The summed E-state index contributed by atoms with van der Waals surface area (Å²) in [5, 5.41) is 18.8. The second kappa shape index (κ2) is 11.7. The Hall–Kier alpha value is -1.97. The van der Waals surface area contributed by atoms with Gasteiger partial charge in [0.1, 0.15) is 0 Å². The molecule has 2 rings (SSSR count). The van der Waals surface area contributed by atoms with E-state index in [2.05, 4.69) is 27.7 Å². The van der Waals surface area contributed by atoms with Gasteiger partial charge in [-0.2, -0.15) is 0 Å². The number of hydrogen-bond acceptors (Lipinski definition) is 3. The third-order valence-electron chi connectivity index (χ3n) is 5.51. The first-order valence-electron chi connectivity index (χ1n) is 9.79. The Morgan fingerprint density at radius 2 is 1.26 bits per heavy atom. The number of ketones is 1. The standard InChI is InChI=1S/C13H10O.C11H24O2/c14-13(11-7-3-1-4-8-11)12-9-5-2-6-10-12;1-5-6-10(4)11(7-12,8-13)9(2)3/h1-10H;9-10,12-13H,5-8H2,1-4H3. The number of aliphatic hydroxyl groups is 2. The second-order valence-corrected chi connectivity index (χ2v) is 7.45. The summed E-state index contributed by atoms with van der Waals surface area (Å²) in [7, 11) is 0. The van der Waals surface area contributed by atoms with Crippen LogP contribution in [0.3, 0.4) is 0 Å². The number of carbonyl (C=O) groups is 1. The number of rotatable bonds is 8. The molecule has 2 N–H and O–H groups in total. The van der Waals surface area contributed by atoms with Crippen LogP contribution >= 0.6 is 0 Å². The minimum Gasteiger partial charge on any atom is -0.396 e. The van der Waals surface area contributed by atoms with Crippen molar-refractivity contribution in [3.05, 3.63) is 71.8 Å². The summed E-state index contributed by atoms with van der Waals surface area (Å²) in [5.41, 5.74) is 1.17. The summed E-state index contributed by atoms with van der Waals surface area (Å²) in [4.78, 5) is 11.8. The van der Waals surface area contributed by atoms with E-state index >= 15 is 0 Å². The highest BCUT2D eigenvalue weighted by Gasteiger charge is 2.37. The molecule has 0 aromatic heterocycles. The van der Waals surface area contributed by atoms with E-state index in [1.165, 1.54) is 0 Å². The molecule has 3 nitrogen and oxygen atoms in total. The SMILES string of the molecule is CCCC(C)C(CO)(CO)C(C)C.O=C(c1ccccc1)c1ccccc1. The van der Waals surface area contributed by atoms with Gasteiger partial charge >= 0.3 is 0 Å². The third kappa shape index (κ3) is 6.30. The average molecular weight is 371 g/mol. The van der Waals surface area contributed by atoms with Crippen LogP contribution in [-0.2, 0) is 0 Å². The van der Waals surface area contributed by atoms with Crippen LogP contribution in [0.15, 0.2) is 60.7 Å². The Bertz CT molecular complexity index is 604. The summed E-state index contributed by atoms with van der Waals surface area (Å²) in [5.74, 6) is 0.780. The minimum absolute atomic E-state index is 0.0752. The van der Waals surface area contributed by atoms with E-state index in [0.717, 1.165) is 24.0 Å². The quantitative estimate of drug-likeness (QED) is 0.645. The predicted octanol–water partition coefficient (Wildman–Crippen LogP) is 4.97. The highest BCUT2D eigenvalue weighted by molar-refractivity contribution is 6.08. The molecule has 1 unspecified atom stereocenters. The molecule has 0 aliphatic rings. The Labute approximate surface area is 164 Å². The molecular weight excluding hydrogens is 336 g/mol. The largest absolute Gasteiger partial charge is 0.396 e. The lowest BCUT2D eigenvalue weighted by Gasteiger charge is -2.39. The van der Waals surface area contributed by atoms with E-state index in [1.54, 1.807) is 0 Å². The number of carbonyl (C=O) groups excluding carboxylic acids is 1. The highest BCUT2D eigenvalue weighted by atomic mass is 16.3. The first-order chi connectivity index (χ1) is 12.9. The summed E-state index contributed by atoms with van der Waals surface area (Å²) in [6.07, 6.45) is 2.18.